The van der Waals surface area contributed by atoms with Crippen LogP contribution in [0.2, 0.25) is 5.02 Å². The molecule has 0 aromatic heterocycles. The van der Waals surface area contributed by atoms with Gasteiger partial charge in [0.25, 0.3) is 11.7 Å². The predicted octanol–water partition coefficient (Wildman–Crippen LogP) is 4.43. The number of ether oxygens (including phenoxy) is 2. The van der Waals surface area contributed by atoms with Crippen molar-refractivity contribution in [3.63, 3.8) is 0 Å². The van der Waals surface area contributed by atoms with E-state index in [1.807, 2.05) is 20.8 Å². The predicted molar refractivity (Wildman–Crippen MR) is 137 cm³/mol. The lowest BCUT2D eigenvalue weighted by Crippen LogP contribution is -2.38. The molecule has 192 valence electrons. The Morgan fingerprint density at radius 1 is 1.08 bits per heavy atom. The minimum Gasteiger partial charge on any atom is -0.507 e. The molecule has 1 unspecified atom stereocenters. The summed E-state index contributed by atoms with van der Waals surface area (Å²) in [5.41, 5.74) is 0.617. The van der Waals surface area contributed by atoms with Gasteiger partial charge in [0.1, 0.15) is 17.3 Å². The first-order valence-corrected chi connectivity index (χ1v) is 12.3. The quantitative estimate of drug-likeness (QED) is 0.165. The number of aliphatic hydroxyl groups excluding tert-OH is 1. The zero-order valence-electron chi connectivity index (χ0n) is 20.9. The molecule has 1 aliphatic heterocycles. The van der Waals surface area contributed by atoms with Gasteiger partial charge in [0, 0.05) is 25.6 Å². The number of rotatable bonds is 10. The van der Waals surface area contributed by atoms with Gasteiger partial charge in [-0.2, -0.15) is 0 Å². The van der Waals surface area contributed by atoms with Gasteiger partial charge in [0.15, 0.2) is 0 Å². The number of Topliss-reactive ketones (excluding diaryl/α,β-unsaturated/α-hetero) is 1. The fourth-order valence-electron chi connectivity index (χ4n) is 4.25. The summed E-state index contributed by atoms with van der Waals surface area (Å²) < 4.78 is 10.8. The van der Waals surface area contributed by atoms with Crippen LogP contribution in [0.25, 0.3) is 5.76 Å². The lowest BCUT2D eigenvalue weighted by atomic mass is 9.95. The zero-order chi connectivity index (χ0) is 26.4. The highest BCUT2D eigenvalue weighted by atomic mass is 35.5. The van der Waals surface area contributed by atoms with Gasteiger partial charge in [-0.25, -0.2) is 0 Å². The Bertz CT molecular complexity index is 1170. The number of likely N-dealkylation sites (tertiary alicyclic amines) is 1. The summed E-state index contributed by atoms with van der Waals surface area (Å²) >= 11 is 6.38. The fourth-order valence-corrected chi connectivity index (χ4v) is 4.45. The van der Waals surface area contributed by atoms with Crippen molar-refractivity contribution in [2.24, 2.45) is 0 Å². The molecule has 9 heteroatoms. The zero-order valence-corrected chi connectivity index (χ0v) is 21.7. The first-order valence-electron chi connectivity index (χ1n) is 11.9. The lowest BCUT2D eigenvalue weighted by molar-refractivity contribution is -0.140. The second-order valence-electron chi connectivity index (χ2n) is 8.26. The topological polar surface area (TPSA) is 96.4 Å². The minimum absolute atomic E-state index is 0.0879. The highest BCUT2D eigenvalue weighted by molar-refractivity contribution is 6.47. The van der Waals surface area contributed by atoms with Crippen molar-refractivity contribution in [3.05, 3.63) is 64.2 Å². The van der Waals surface area contributed by atoms with Gasteiger partial charge < -0.3 is 24.4 Å². The van der Waals surface area contributed by atoms with Crippen molar-refractivity contribution in [2.45, 2.75) is 33.7 Å². The van der Waals surface area contributed by atoms with Crippen LogP contribution in [0.3, 0.4) is 0 Å². The van der Waals surface area contributed by atoms with Crippen LogP contribution in [0.4, 0.5) is 0 Å². The van der Waals surface area contributed by atoms with Gasteiger partial charge in [-0.1, -0.05) is 37.6 Å². The molecule has 1 fully saturated rings. The first-order chi connectivity index (χ1) is 17.2. The molecule has 0 bridgehead atoms. The average Bonchev–Trinajstić information content (AvgIpc) is 3.10. The van der Waals surface area contributed by atoms with Gasteiger partial charge in [-0.05, 0) is 55.9 Å². The smallest absolute Gasteiger partial charge is 0.308 e. The fraction of sp³-hybridized carbons (Fsp3) is 0.370. The van der Waals surface area contributed by atoms with Crippen LogP contribution in [-0.2, 0) is 14.4 Å². The molecule has 36 heavy (non-hydrogen) atoms. The largest absolute Gasteiger partial charge is 0.507 e. The maximum Gasteiger partial charge on any atom is 0.308 e. The SMILES string of the molecule is CCOc1ccc(Cl)c(/C(O)=C2\C(=O)C(=O)N(CCN(CC)CC)C2c2cccc(OC(C)=O)c2)c1. The van der Waals surface area contributed by atoms with Crippen molar-refractivity contribution in [1.29, 1.82) is 0 Å². The second-order valence-corrected chi connectivity index (χ2v) is 8.67. The maximum atomic E-state index is 13.3. The Balaban J connectivity index is 2.17. The molecule has 0 aliphatic carbocycles. The Labute approximate surface area is 216 Å². The van der Waals surface area contributed by atoms with Crippen LogP contribution in [0.15, 0.2) is 48.0 Å². The average molecular weight is 515 g/mol. The molecule has 0 spiro atoms. The number of amides is 1. The molecule has 1 atom stereocenters. The van der Waals surface area contributed by atoms with Crippen LogP contribution in [-0.4, -0.2) is 65.4 Å². The summed E-state index contributed by atoms with van der Waals surface area (Å²) in [4.78, 5) is 41.6. The number of hydrogen-bond acceptors (Lipinski definition) is 7. The number of carbonyl (C=O) groups is 3. The Kier molecular flexibility index (Phi) is 9.12. The van der Waals surface area contributed by atoms with E-state index < -0.39 is 29.5 Å². The van der Waals surface area contributed by atoms with Gasteiger partial charge in [-0.3, -0.25) is 14.4 Å². The molecular formula is C27H31ClN2O6. The number of likely N-dealkylation sites (N-methyl/N-ethyl adjacent to an activating group) is 1. The van der Waals surface area contributed by atoms with E-state index in [-0.39, 0.29) is 28.5 Å². The standard InChI is InChI=1S/C27H31ClN2O6/c1-5-29(6-2)13-14-30-24(18-9-8-10-20(15-18)36-17(4)31)23(26(33)27(30)34)25(32)21-16-19(35-7-3)11-12-22(21)28/h8-12,15-16,24,32H,5-7,13-14H2,1-4H3/b25-23+. The Hall–Kier alpha value is -3.36. The summed E-state index contributed by atoms with van der Waals surface area (Å²) in [6, 6.07) is 10.4. The number of benzene rings is 2. The van der Waals surface area contributed by atoms with Crippen molar-refractivity contribution in [1.82, 2.24) is 9.80 Å². The lowest BCUT2D eigenvalue weighted by Gasteiger charge is -2.28. The van der Waals surface area contributed by atoms with Crippen LogP contribution < -0.4 is 9.47 Å². The van der Waals surface area contributed by atoms with Crippen LogP contribution in [0.1, 0.15) is 44.9 Å². The third-order valence-electron chi connectivity index (χ3n) is 6.03. The van der Waals surface area contributed by atoms with E-state index in [9.17, 15) is 19.5 Å². The molecule has 3 rings (SSSR count). The molecule has 8 nitrogen and oxygen atoms in total. The summed E-state index contributed by atoms with van der Waals surface area (Å²) in [5.74, 6) is -1.69. The van der Waals surface area contributed by atoms with E-state index in [0.29, 0.717) is 24.5 Å². The molecule has 2 aromatic rings. The number of aliphatic hydroxyl groups is 1. The maximum absolute atomic E-state index is 13.3. The Morgan fingerprint density at radius 3 is 2.44 bits per heavy atom. The minimum atomic E-state index is -0.900. The molecule has 2 aromatic carbocycles. The monoisotopic (exact) mass is 514 g/mol. The van der Waals surface area contributed by atoms with E-state index in [1.54, 1.807) is 36.4 Å². The van der Waals surface area contributed by atoms with Crippen LogP contribution in [0, 0.1) is 0 Å². The molecule has 1 aliphatic rings. The number of carbonyl (C=O) groups excluding carboxylic acids is 3. The highest BCUT2D eigenvalue weighted by Gasteiger charge is 2.46. The normalized spacial score (nSPS) is 17.1. The van der Waals surface area contributed by atoms with E-state index in [4.69, 9.17) is 21.1 Å². The highest BCUT2D eigenvalue weighted by Crippen LogP contribution is 2.41. The molecule has 0 radical (unpaired) electrons. The molecule has 1 heterocycles. The van der Waals surface area contributed by atoms with Gasteiger partial charge in [-0.15, -0.1) is 0 Å². The molecule has 1 amide bonds. The third kappa shape index (κ3) is 5.88. The molecular weight excluding hydrogens is 484 g/mol. The summed E-state index contributed by atoms with van der Waals surface area (Å²) in [7, 11) is 0. The van der Waals surface area contributed by atoms with E-state index in [0.717, 1.165) is 13.1 Å². The van der Waals surface area contributed by atoms with Crippen molar-refractivity contribution in [3.8, 4) is 11.5 Å². The number of nitrogens with zero attached hydrogens (tertiary/aromatic N) is 2. The van der Waals surface area contributed by atoms with E-state index >= 15 is 0 Å². The van der Waals surface area contributed by atoms with Gasteiger partial charge in [0.05, 0.1) is 23.2 Å². The number of halogens is 1. The van der Waals surface area contributed by atoms with E-state index in [1.165, 1.54) is 17.9 Å². The third-order valence-corrected chi connectivity index (χ3v) is 6.36. The summed E-state index contributed by atoms with van der Waals surface area (Å²) in [5, 5.41) is 11.6. The van der Waals surface area contributed by atoms with Gasteiger partial charge in [0.2, 0.25) is 0 Å². The van der Waals surface area contributed by atoms with Crippen molar-refractivity contribution >= 4 is 35.0 Å². The van der Waals surface area contributed by atoms with Crippen molar-refractivity contribution in [2.75, 3.05) is 32.8 Å². The van der Waals surface area contributed by atoms with Crippen LogP contribution >= 0.6 is 11.6 Å². The Morgan fingerprint density at radius 2 is 1.81 bits per heavy atom. The number of esters is 1. The van der Waals surface area contributed by atoms with Gasteiger partial charge >= 0.3 is 5.97 Å². The summed E-state index contributed by atoms with van der Waals surface area (Å²) in [6.45, 7) is 9.93. The summed E-state index contributed by atoms with van der Waals surface area (Å²) in [6.07, 6.45) is 0. The number of ketones is 1. The first kappa shape index (κ1) is 27.2. The van der Waals surface area contributed by atoms with Crippen molar-refractivity contribution < 1.29 is 29.0 Å². The van der Waals surface area contributed by atoms with E-state index in [2.05, 4.69) is 4.90 Å². The molecule has 0 saturated carbocycles. The number of hydrogen-bond donors (Lipinski definition) is 1. The molecule has 1 saturated heterocycles. The molecule has 1 N–H and O–H groups in total. The van der Waals surface area contributed by atoms with Crippen LogP contribution in [0.5, 0.6) is 11.5 Å². The second kappa shape index (κ2) is 12.1.